The molecule has 1 aliphatic carbocycles. The predicted octanol–water partition coefficient (Wildman–Crippen LogP) is 2.52. The fourth-order valence-electron chi connectivity index (χ4n) is 4.27. The van der Waals surface area contributed by atoms with Crippen molar-refractivity contribution in [1.82, 2.24) is 19.9 Å². The number of aliphatic hydroxyl groups excluding tert-OH is 1. The van der Waals surface area contributed by atoms with Crippen LogP contribution in [-0.2, 0) is 23.2 Å². The number of hydrogen-bond donors (Lipinski definition) is 2. The minimum Gasteiger partial charge on any atom is -0.378 e. The van der Waals surface area contributed by atoms with Crippen molar-refractivity contribution in [2.75, 3.05) is 6.54 Å². The standard InChI is InChI=1S/C23H21ClN4O3/c24-16-5-1-3-14(11-16)19(29)21(31)28-10-6-18-17(13-28)20(30)27-22(26-18)23(7-8-23)15-4-2-9-25-12-15/h1-5,9,11-12,19,29H,6-8,10,13H2,(H,26,27,30)/t19-/m1/s1. The highest BCUT2D eigenvalue weighted by molar-refractivity contribution is 6.30. The molecule has 0 spiro atoms. The second kappa shape index (κ2) is 7.59. The highest BCUT2D eigenvalue weighted by atomic mass is 35.5. The van der Waals surface area contributed by atoms with Crippen LogP contribution in [0.15, 0.2) is 53.6 Å². The Morgan fingerprint density at radius 2 is 2.10 bits per heavy atom. The third-order valence-corrected chi connectivity index (χ3v) is 6.43. The molecule has 3 heterocycles. The maximum absolute atomic E-state index is 12.9. The number of hydrogen-bond acceptors (Lipinski definition) is 5. The van der Waals surface area contributed by atoms with Crippen molar-refractivity contribution >= 4 is 17.5 Å². The van der Waals surface area contributed by atoms with E-state index in [4.69, 9.17) is 16.6 Å². The molecule has 0 saturated heterocycles. The van der Waals surface area contributed by atoms with E-state index in [1.165, 1.54) is 4.90 Å². The molecule has 1 fully saturated rings. The quantitative estimate of drug-likeness (QED) is 0.654. The van der Waals surface area contributed by atoms with Crippen LogP contribution in [-0.4, -0.2) is 37.4 Å². The number of aliphatic hydroxyl groups is 1. The number of nitrogens with zero attached hydrogens (tertiary/aromatic N) is 3. The van der Waals surface area contributed by atoms with Crippen molar-refractivity contribution in [1.29, 1.82) is 0 Å². The second-order valence-electron chi connectivity index (χ2n) is 8.13. The van der Waals surface area contributed by atoms with Gasteiger partial charge in [0, 0.05) is 30.4 Å². The number of pyridine rings is 1. The Morgan fingerprint density at radius 3 is 2.81 bits per heavy atom. The molecule has 2 aromatic heterocycles. The normalized spacial score (nSPS) is 17.7. The maximum atomic E-state index is 12.9. The van der Waals surface area contributed by atoms with Gasteiger partial charge in [-0.15, -0.1) is 0 Å². The van der Waals surface area contributed by atoms with E-state index in [9.17, 15) is 14.7 Å². The van der Waals surface area contributed by atoms with Gasteiger partial charge in [-0.05, 0) is 42.2 Å². The molecule has 31 heavy (non-hydrogen) atoms. The topological polar surface area (TPSA) is 99.2 Å². The molecule has 0 unspecified atom stereocenters. The first-order valence-electron chi connectivity index (χ1n) is 10.2. The first-order chi connectivity index (χ1) is 15.0. The molecule has 1 aromatic carbocycles. The number of H-pyrrole nitrogens is 1. The van der Waals surface area contributed by atoms with Crippen LogP contribution >= 0.6 is 11.6 Å². The summed E-state index contributed by atoms with van der Waals surface area (Å²) in [6, 6.07) is 10.5. The summed E-state index contributed by atoms with van der Waals surface area (Å²) >= 11 is 5.97. The zero-order chi connectivity index (χ0) is 21.6. The summed E-state index contributed by atoms with van der Waals surface area (Å²) < 4.78 is 0. The van der Waals surface area contributed by atoms with Gasteiger partial charge in [0.15, 0.2) is 6.10 Å². The molecule has 5 rings (SSSR count). The van der Waals surface area contributed by atoms with Crippen LogP contribution in [0.5, 0.6) is 0 Å². The van der Waals surface area contributed by atoms with Gasteiger partial charge in [-0.25, -0.2) is 4.98 Å². The number of aromatic nitrogens is 3. The number of carbonyl (C=O) groups excluding carboxylic acids is 1. The molecule has 1 saturated carbocycles. The third kappa shape index (κ3) is 3.54. The van der Waals surface area contributed by atoms with Crippen molar-refractivity contribution < 1.29 is 9.90 Å². The lowest BCUT2D eigenvalue weighted by atomic mass is 9.96. The minimum atomic E-state index is -1.33. The Bertz CT molecular complexity index is 1210. The largest absolute Gasteiger partial charge is 0.378 e. The van der Waals surface area contributed by atoms with Gasteiger partial charge >= 0.3 is 0 Å². The summed E-state index contributed by atoms with van der Waals surface area (Å²) in [6.45, 7) is 0.507. The van der Waals surface area contributed by atoms with Crippen LogP contribution in [0.1, 0.15) is 47.2 Å². The average Bonchev–Trinajstić information content (AvgIpc) is 3.61. The highest BCUT2D eigenvalue weighted by Crippen LogP contribution is 2.51. The molecule has 2 aliphatic rings. The Labute approximate surface area is 183 Å². The van der Waals surface area contributed by atoms with Gasteiger partial charge in [0.2, 0.25) is 0 Å². The van der Waals surface area contributed by atoms with Crippen LogP contribution < -0.4 is 5.56 Å². The van der Waals surface area contributed by atoms with Crippen LogP contribution in [0, 0.1) is 0 Å². The number of halogens is 1. The van der Waals surface area contributed by atoms with Crippen molar-refractivity contribution in [2.24, 2.45) is 0 Å². The van der Waals surface area contributed by atoms with E-state index in [0.717, 1.165) is 24.1 Å². The SMILES string of the molecule is O=C([C@H](O)c1cccc(Cl)c1)N1CCc2nc(C3(c4cccnc4)CC3)[nH]c(=O)c2C1. The van der Waals surface area contributed by atoms with E-state index in [0.29, 0.717) is 34.9 Å². The summed E-state index contributed by atoms with van der Waals surface area (Å²) in [4.78, 5) is 39.2. The van der Waals surface area contributed by atoms with Gasteiger partial charge in [-0.1, -0.05) is 29.8 Å². The van der Waals surface area contributed by atoms with Crippen LogP contribution in [0.2, 0.25) is 5.02 Å². The van der Waals surface area contributed by atoms with E-state index in [1.54, 1.807) is 30.5 Å². The minimum absolute atomic E-state index is 0.119. The molecule has 2 N–H and O–H groups in total. The maximum Gasteiger partial charge on any atom is 0.256 e. The van der Waals surface area contributed by atoms with Crippen molar-refractivity contribution in [3.63, 3.8) is 0 Å². The molecular weight excluding hydrogens is 416 g/mol. The van der Waals surface area contributed by atoms with E-state index >= 15 is 0 Å². The monoisotopic (exact) mass is 436 g/mol. The van der Waals surface area contributed by atoms with Crippen molar-refractivity contribution in [3.05, 3.63) is 92.4 Å². The third-order valence-electron chi connectivity index (χ3n) is 6.20. The summed E-state index contributed by atoms with van der Waals surface area (Å²) in [5.74, 6) is 0.216. The Morgan fingerprint density at radius 1 is 1.26 bits per heavy atom. The average molecular weight is 437 g/mol. The zero-order valence-electron chi connectivity index (χ0n) is 16.7. The van der Waals surface area contributed by atoms with Gasteiger partial charge in [0.1, 0.15) is 5.82 Å². The van der Waals surface area contributed by atoms with Gasteiger partial charge in [-0.2, -0.15) is 0 Å². The first kappa shape index (κ1) is 19.9. The molecule has 0 bridgehead atoms. The lowest BCUT2D eigenvalue weighted by Gasteiger charge is -2.30. The fraction of sp³-hybridized carbons (Fsp3) is 0.304. The van der Waals surface area contributed by atoms with Crippen LogP contribution in [0.3, 0.4) is 0 Å². The Balaban J connectivity index is 1.40. The number of amides is 1. The molecular formula is C23H21ClN4O3. The van der Waals surface area contributed by atoms with E-state index in [1.807, 2.05) is 18.3 Å². The first-order valence-corrected chi connectivity index (χ1v) is 10.6. The summed E-state index contributed by atoms with van der Waals surface area (Å²) in [5, 5.41) is 11.0. The molecule has 1 aliphatic heterocycles. The fourth-order valence-corrected chi connectivity index (χ4v) is 4.46. The van der Waals surface area contributed by atoms with Gasteiger partial charge < -0.3 is 15.0 Å². The number of rotatable bonds is 4. The lowest BCUT2D eigenvalue weighted by Crippen LogP contribution is -2.42. The number of nitrogens with one attached hydrogen (secondary N) is 1. The molecule has 158 valence electrons. The van der Waals surface area contributed by atoms with Gasteiger partial charge in [0.05, 0.1) is 23.2 Å². The Hall–Kier alpha value is -3.03. The summed E-state index contributed by atoms with van der Waals surface area (Å²) in [6.07, 6.45) is 4.51. The van der Waals surface area contributed by atoms with Crippen molar-refractivity contribution in [3.8, 4) is 0 Å². The molecule has 0 radical (unpaired) electrons. The van der Waals surface area contributed by atoms with E-state index in [2.05, 4.69) is 9.97 Å². The van der Waals surface area contributed by atoms with Crippen molar-refractivity contribution in [2.45, 2.75) is 37.3 Å². The highest BCUT2D eigenvalue weighted by Gasteiger charge is 2.49. The number of carbonyl (C=O) groups is 1. The second-order valence-corrected chi connectivity index (χ2v) is 8.57. The molecule has 8 heteroatoms. The summed E-state index contributed by atoms with van der Waals surface area (Å²) in [7, 11) is 0. The van der Waals surface area contributed by atoms with Gasteiger partial charge in [0.25, 0.3) is 11.5 Å². The van der Waals surface area contributed by atoms with E-state index in [-0.39, 0.29) is 17.5 Å². The number of aromatic amines is 1. The zero-order valence-corrected chi connectivity index (χ0v) is 17.5. The molecule has 3 aromatic rings. The lowest BCUT2D eigenvalue weighted by molar-refractivity contribution is -0.141. The smallest absolute Gasteiger partial charge is 0.256 e. The predicted molar refractivity (Wildman–Crippen MR) is 115 cm³/mol. The van der Waals surface area contributed by atoms with Gasteiger partial charge in [-0.3, -0.25) is 14.6 Å². The molecule has 7 nitrogen and oxygen atoms in total. The number of fused-ring (bicyclic) bond motifs is 1. The van der Waals surface area contributed by atoms with Crippen LogP contribution in [0.4, 0.5) is 0 Å². The Kier molecular flexibility index (Phi) is 4.87. The van der Waals surface area contributed by atoms with Crippen LogP contribution in [0.25, 0.3) is 0 Å². The number of benzene rings is 1. The molecule has 1 amide bonds. The molecule has 1 atom stereocenters. The summed E-state index contributed by atoms with van der Waals surface area (Å²) in [5.41, 5.74) is 2.16. The van der Waals surface area contributed by atoms with E-state index < -0.39 is 12.0 Å².